The Morgan fingerprint density at radius 1 is 1.62 bits per heavy atom. The van der Waals surface area contributed by atoms with Gasteiger partial charge in [0.15, 0.2) is 0 Å². The van der Waals surface area contributed by atoms with E-state index in [1.54, 1.807) is 0 Å². The molecule has 48 valence electrons. The molecule has 1 nitrogen and oxygen atoms in total. The SMILES string of the molecule is CCCN(C)C(C)=S. The molecule has 0 heterocycles. The average molecular weight is 131 g/mol. The summed E-state index contributed by atoms with van der Waals surface area (Å²) in [5, 5.41) is 0. The number of nitrogens with zero attached hydrogens (tertiary/aromatic N) is 1. The van der Waals surface area contributed by atoms with E-state index in [1.807, 2.05) is 14.0 Å². The highest BCUT2D eigenvalue weighted by Gasteiger charge is 1.92. The van der Waals surface area contributed by atoms with E-state index in [1.165, 1.54) is 6.42 Å². The lowest BCUT2D eigenvalue weighted by molar-refractivity contribution is 0.507. The third-order valence-electron chi connectivity index (χ3n) is 1.10. The van der Waals surface area contributed by atoms with Crippen molar-refractivity contribution in [3.63, 3.8) is 0 Å². The third-order valence-corrected chi connectivity index (χ3v) is 1.41. The van der Waals surface area contributed by atoms with Gasteiger partial charge in [-0.1, -0.05) is 19.1 Å². The van der Waals surface area contributed by atoms with E-state index < -0.39 is 0 Å². The summed E-state index contributed by atoms with van der Waals surface area (Å²) >= 11 is 4.91. The maximum atomic E-state index is 4.91. The summed E-state index contributed by atoms with van der Waals surface area (Å²) < 4.78 is 0. The van der Waals surface area contributed by atoms with Gasteiger partial charge in [-0.15, -0.1) is 0 Å². The molecule has 0 aliphatic heterocycles. The fourth-order valence-electron chi connectivity index (χ4n) is 0.493. The van der Waals surface area contributed by atoms with Gasteiger partial charge in [-0.3, -0.25) is 0 Å². The van der Waals surface area contributed by atoms with E-state index in [2.05, 4.69) is 11.8 Å². The molecule has 0 saturated carbocycles. The van der Waals surface area contributed by atoms with Crippen LogP contribution in [0.1, 0.15) is 20.3 Å². The molecule has 0 aliphatic carbocycles. The first-order valence-electron chi connectivity index (χ1n) is 2.90. The fourth-order valence-corrected chi connectivity index (χ4v) is 0.584. The van der Waals surface area contributed by atoms with Gasteiger partial charge in [0.2, 0.25) is 0 Å². The van der Waals surface area contributed by atoms with Gasteiger partial charge < -0.3 is 4.90 Å². The normalized spacial score (nSPS) is 8.88. The average Bonchev–Trinajstić information content (AvgIpc) is 1.67. The van der Waals surface area contributed by atoms with Crippen molar-refractivity contribution in [2.45, 2.75) is 20.3 Å². The van der Waals surface area contributed by atoms with Gasteiger partial charge in [0, 0.05) is 13.6 Å². The van der Waals surface area contributed by atoms with Gasteiger partial charge in [-0.05, 0) is 13.3 Å². The van der Waals surface area contributed by atoms with Crippen LogP contribution in [0.25, 0.3) is 0 Å². The summed E-state index contributed by atoms with van der Waals surface area (Å²) in [6, 6.07) is 0. The molecule has 0 radical (unpaired) electrons. The van der Waals surface area contributed by atoms with Crippen LogP contribution in [0.15, 0.2) is 0 Å². The van der Waals surface area contributed by atoms with Crippen molar-refractivity contribution in [3.05, 3.63) is 0 Å². The minimum atomic E-state index is 0.979. The first-order chi connectivity index (χ1) is 3.68. The standard InChI is InChI=1S/C6H13NS/c1-4-5-7(3)6(2)8/h4-5H2,1-3H3. The van der Waals surface area contributed by atoms with Gasteiger partial charge in [0.25, 0.3) is 0 Å². The fraction of sp³-hybridized carbons (Fsp3) is 0.833. The zero-order chi connectivity index (χ0) is 6.57. The highest BCUT2D eigenvalue weighted by Crippen LogP contribution is 1.87. The van der Waals surface area contributed by atoms with E-state index in [4.69, 9.17) is 12.2 Å². The highest BCUT2D eigenvalue weighted by molar-refractivity contribution is 7.80. The molecule has 2 heteroatoms. The van der Waals surface area contributed by atoms with Crippen molar-refractivity contribution in [3.8, 4) is 0 Å². The van der Waals surface area contributed by atoms with E-state index >= 15 is 0 Å². The summed E-state index contributed by atoms with van der Waals surface area (Å²) in [5.74, 6) is 0. The molecule has 0 N–H and O–H groups in total. The lowest BCUT2D eigenvalue weighted by Crippen LogP contribution is -2.22. The number of thiocarbonyl (C=S) groups is 1. The first kappa shape index (κ1) is 7.89. The van der Waals surface area contributed by atoms with Crippen molar-refractivity contribution in [2.75, 3.05) is 13.6 Å². The molecule has 8 heavy (non-hydrogen) atoms. The molecule has 0 aromatic carbocycles. The molecule has 0 spiro atoms. The van der Waals surface area contributed by atoms with Crippen LogP contribution in [0.3, 0.4) is 0 Å². The molecule has 0 aliphatic rings. The summed E-state index contributed by atoms with van der Waals surface area (Å²) in [7, 11) is 2.02. The van der Waals surface area contributed by atoms with E-state index in [0.29, 0.717) is 0 Å². The highest BCUT2D eigenvalue weighted by atomic mass is 32.1. The van der Waals surface area contributed by atoms with Gasteiger partial charge in [-0.25, -0.2) is 0 Å². The molecular weight excluding hydrogens is 118 g/mol. The topological polar surface area (TPSA) is 3.24 Å². The number of hydrogen-bond donors (Lipinski definition) is 0. The zero-order valence-electron chi connectivity index (χ0n) is 5.77. The molecule has 0 atom stereocenters. The summed E-state index contributed by atoms with van der Waals surface area (Å²) in [4.78, 5) is 3.06. The van der Waals surface area contributed by atoms with Crippen molar-refractivity contribution >= 4 is 17.2 Å². The summed E-state index contributed by atoms with van der Waals surface area (Å²) in [5.41, 5.74) is 0. The Morgan fingerprint density at radius 2 is 2.12 bits per heavy atom. The summed E-state index contributed by atoms with van der Waals surface area (Å²) in [6.07, 6.45) is 1.17. The van der Waals surface area contributed by atoms with Crippen LogP contribution < -0.4 is 0 Å². The van der Waals surface area contributed by atoms with E-state index in [0.717, 1.165) is 11.5 Å². The van der Waals surface area contributed by atoms with Crippen molar-refractivity contribution in [2.24, 2.45) is 0 Å². The van der Waals surface area contributed by atoms with Crippen LogP contribution in [0, 0.1) is 0 Å². The van der Waals surface area contributed by atoms with Crippen molar-refractivity contribution in [1.82, 2.24) is 4.90 Å². The predicted octanol–water partition coefficient (Wildman–Crippen LogP) is 1.68. The molecule has 0 amide bonds. The smallest absolute Gasteiger partial charge is 0.0745 e. The molecule has 0 fully saturated rings. The minimum Gasteiger partial charge on any atom is -0.369 e. The lowest BCUT2D eigenvalue weighted by atomic mass is 10.4. The minimum absolute atomic E-state index is 0.979. The molecule has 0 unspecified atom stereocenters. The van der Waals surface area contributed by atoms with E-state index in [9.17, 15) is 0 Å². The van der Waals surface area contributed by atoms with Crippen LogP contribution >= 0.6 is 12.2 Å². The predicted molar refractivity (Wildman–Crippen MR) is 41.2 cm³/mol. The van der Waals surface area contributed by atoms with Crippen LogP contribution in [0.4, 0.5) is 0 Å². The van der Waals surface area contributed by atoms with Gasteiger partial charge in [-0.2, -0.15) is 0 Å². The molecule has 0 aromatic rings. The van der Waals surface area contributed by atoms with Gasteiger partial charge in [0.1, 0.15) is 0 Å². The Bertz CT molecular complexity index is 80.6. The van der Waals surface area contributed by atoms with Crippen LogP contribution in [-0.2, 0) is 0 Å². The van der Waals surface area contributed by atoms with Gasteiger partial charge >= 0.3 is 0 Å². The number of hydrogen-bond acceptors (Lipinski definition) is 1. The van der Waals surface area contributed by atoms with Crippen LogP contribution in [-0.4, -0.2) is 23.5 Å². The second-order valence-corrected chi connectivity index (χ2v) is 2.53. The van der Waals surface area contributed by atoms with Crippen LogP contribution in [0.5, 0.6) is 0 Å². The molecule has 0 bridgehead atoms. The maximum absolute atomic E-state index is 4.91. The molecular formula is C6H13NS. The molecule has 0 saturated heterocycles. The Kier molecular flexibility index (Phi) is 3.79. The largest absolute Gasteiger partial charge is 0.369 e. The first-order valence-corrected chi connectivity index (χ1v) is 3.31. The van der Waals surface area contributed by atoms with Crippen LogP contribution in [0.2, 0.25) is 0 Å². The number of rotatable bonds is 2. The maximum Gasteiger partial charge on any atom is 0.0745 e. The van der Waals surface area contributed by atoms with Crippen molar-refractivity contribution in [1.29, 1.82) is 0 Å². The van der Waals surface area contributed by atoms with Crippen molar-refractivity contribution < 1.29 is 0 Å². The Hall–Kier alpha value is -0.110. The third kappa shape index (κ3) is 2.97. The zero-order valence-corrected chi connectivity index (χ0v) is 6.59. The second-order valence-electron chi connectivity index (χ2n) is 1.94. The van der Waals surface area contributed by atoms with Gasteiger partial charge in [0.05, 0.1) is 4.99 Å². The lowest BCUT2D eigenvalue weighted by Gasteiger charge is -2.14. The monoisotopic (exact) mass is 131 g/mol. The van der Waals surface area contributed by atoms with E-state index in [-0.39, 0.29) is 0 Å². The Morgan fingerprint density at radius 3 is 2.25 bits per heavy atom. The Balaban J connectivity index is 3.32. The second kappa shape index (κ2) is 3.84. The quantitative estimate of drug-likeness (QED) is 0.524. The molecule has 0 aromatic heterocycles. The summed E-state index contributed by atoms with van der Waals surface area (Å²) in [6.45, 7) is 5.18. The molecule has 0 rings (SSSR count). The Labute approximate surface area is 56.7 Å².